The van der Waals surface area contributed by atoms with E-state index in [2.05, 4.69) is 24.1 Å². The van der Waals surface area contributed by atoms with Crippen LogP contribution in [0.3, 0.4) is 0 Å². The Kier molecular flexibility index (Phi) is 3.50. The van der Waals surface area contributed by atoms with E-state index in [9.17, 15) is 0 Å². The minimum absolute atomic E-state index is 0.00905. The quantitative estimate of drug-likeness (QED) is 0.629. The van der Waals surface area contributed by atoms with E-state index in [0.29, 0.717) is 0 Å². The molecule has 0 radical (unpaired) electrons. The first-order valence-corrected chi connectivity index (χ1v) is 4.80. The molecule has 0 saturated carbocycles. The van der Waals surface area contributed by atoms with Gasteiger partial charge in [-0.1, -0.05) is 0 Å². The Hall–Kier alpha value is -0.120. The summed E-state index contributed by atoms with van der Waals surface area (Å²) in [5.74, 6) is 0. The van der Waals surface area contributed by atoms with Crippen LogP contribution < -0.4 is 11.1 Å². The van der Waals surface area contributed by atoms with E-state index in [4.69, 9.17) is 5.73 Å². The van der Waals surface area contributed by atoms with Crippen molar-refractivity contribution in [3.05, 3.63) is 0 Å². The highest BCUT2D eigenvalue weighted by Crippen LogP contribution is 2.05. The highest BCUT2D eigenvalue weighted by Gasteiger charge is 2.14. The van der Waals surface area contributed by atoms with Crippen molar-refractivity contribution in [2.24, 2.45) is 5.73 Å². The predicted molar refractivity (Wildman–Crippen MR) is 52.2 cm³/mol. The maximum Gasteiger partial charge on any atom is 0.0109 e. The van der Waals surface area contributed by atoms with Crippen LogP contribution in [0.25, 0.3) is 0 Å². The Bertz CT molecular complexity index is 122. The maximum absolute atomic E-state index is 5.91. The summed E-state index contributed by atoms with van der Waals surface area (Å²) in [6, 6.07) is 0. The first-order chi connectivity index (χ1) is 5.58. The Morgan fingerprint density at radius 2 is 1.92 bits per heavy atom. The predicted octanol–water partition coefficient (Wildman–Crippen LogP) is 0.0190. The van der Waals surface area contributed by atoms with E-state index < -0.39 is 0 Å². The van der Waals surface area contributed by atoms with E-state index in [1.165, 1.54) is 13.1 Å². The largest absolute Gasteiger partial charge is 0.326 e. The molecule has 1 aliphatic rings. The molecule has 3 N–H and O–H groups in total. The van der Waals surface area contributed by atoms with Gasteiger partial charge in [-0.2, -0.15) is 0 Å². The number of nitrogens with zero attached hydrogens (tertiary/aromatic N) is 1. The Labute approximate surface area is 75.3 Å². The molecule has 0 atom stereocenters. The molecule has 0 aromatic heterocycles. The average Bonchev–Trinajstić information content (AvgIpc) is 2.02. The molecule has 1 rings (SSSR count). The van der Waals surface area contributed by atoms with Gasteiger partial charge in [0.2, 0.25) is 0 Å². The minimum Gasteiger partial charge on any atom is -0.326 e. The summed E-state index contributed by atoms with van der Waals surface area (Å²) in [5, 5.41) is 3.34. The third-order valence-electron chi connectivity index (χ3n) is 2.28. The highest BCUT2D eigenvalue weighted by molar-refractivity contribution is 4.75. The van der Waals surface area contributed by atoms with E-state index in [1.54, 1.807) is 0 Å². The van der Waals surface area contributed by atoms with Crippen molar-refractivity contribution in [1.29, 1.82) is 0 Å². The Balaban J connectivity index is 2.13. The van der Waals surface area contributed by atoms with Gasteiger partial charge in [0, 0.05) is 31.7 Å². The summed E-state index contributed by atoms with van der Waals surface area (Å²) in [7, 11) is 0. The molecule has 0 amide bonds. The third kappa shape index (κ3) is 4.04. The van der Waals surface area contributed by atoms with Gasteiger partial charge in [0.1, 0.15) is 0 Å². The minimum atomic E-state index is -0.00905. The van der Waals surface area contributed by atoms with Gasteiger partial charge in [-0.15, -0.1) is 0 Å². The fourth-order valence-corrected chi connectivity index (χ4v) is 1.38. The van der Waals surface area contributed by atoms with Gasteiger partial charge < -0.3 is 16.0 Å². The van der Waals surface area contributed by atoms with Crippen LogP contribution >= 0.6 is 0 Å². The Morgan fingerprint density at radius 1 is 1.33 bits per heavy atom. The lowest BCUT2D eigenvalue weighted by Crippen LogP contribution is -2.46. The maximum atomic E-state index is 5.91. The molecule has 0 aromatic carbocycles. The SMILES string of the molecule is CC(C)(N)CCN1CCNCC1. The number of rotatable bonds is 3. The molecule has 0 unspecified atom stereocenters. The van der Waals surface area contributed by atoms with Crippen molar-refractivity contribution in [3.63, 3.8) is 0 Å². The van der Waals surface area contributed by atoms with Crippen LogP contribution in [0, 0.1) is 0 Å². The smallest absolute Gasteiger partial charge is 0.0109 e. The molecule has 12 heavy (non-hydrogen) atoms. The van der Waals surface area contributed by atoms with Gasteiger partial charge in [0.05, 0.1) is 0 Å². The lowest BCUT2D eigenvalue weighted by molar-refractivity contribution is 0.222. The lowest BCUT2D eigenvalue weighted by Gasteiger charge is -2.29. The Morgan fingerprint density at radius 3 is 2.42 bits per heavy atom. The second-order valence-corrected chi connectivity index (χ2v) is 4.33. The summed E-state index contributed by atoms with van der Waals surface area (Å²) in [6.45, 7) is 9.94. The summed E-state index contributed by atoms with van der Waals surface area (Å²) in [4.78, 5) is 2.48. The van der Waals surface area contributed by atoms with Gasteiger partial charge >= 0.3 is 0 Å². The normalized spacial score (nSPS) is 21.2. The molecular weight excluding hydrogens is 150 g/mol. The second kappa shape index (κ2) is 4.21. The molecule has 1 heterocycles. The summed E-state index contributed by atoms with van der Waals surface area (Å²) in [6.07, 6.45) is 1.09. The van der Waals surface area contributed by atoms with Crippen LogP contribution in [0.2, 0.25) is 0 Å². The zero-order valence-corrected chi connectivity index (χ0v) is 8.27. The second-order valence-electron chi connectivity index (χ2n) is 4.33. The van der Waals surface area contributed by atoms with Gasteiger partial charge in [0.15, 0.2) is 0 Å². The first-order valence-electron chi connectivity index (χ1n) is 4.80. The molecular formula is C9H21N3. The average molecular weight is 171 g/mol. The molecule has 1 saturated heterocycles. The molecule has 3 heteroatoms. The topological polar surface area (TPSA) is 41.3 Å². The van der Waals surface area contributed by atoms with E-state index in [1.807, 2.05) is 0 Å². The third-order valence-corrected chi connectivity index (χ3v) is 2.28. The van der Waals surface area contributed by atoms with Gasteiger partial charge in [-0.25, -0.2) is 0 Å². The van der Waals surface area contributed by atoms with Crippen LogP contribution in [0.4, 0.5) is 0 Å². The van der Waals surface area contributed by atoms with Gasteiger partial charge in [0.25, 0.3) is 0 Å². The van der Waals surface area contributed by atoms with Crippen molar-refractivity contribution < 1.29 is 0 Å². The van der Waals surface area contributed by atoms with Crippen LogP contribution in [-0.2, 0) is 0 Å². The molecule has 0 spiro atoms. The van der Waals surface area contributed by atoms with Crippen molar-refractivity contribution in [2.75, 3.05) is 32.7 Å². The standard InChI is InChI=1S/C9H21N3/c1-9(2,10)3-6-12-7-4-11-5-8-12/h11H,3-8,10H2,1-2H3. The summed E-state index contributed by atoms with van der Waals surface area (Å²) < 4.78 is 0. The van der Waals surface area contributed by atoms with Crippen LogP contribution in [0.1, 0.15) is 20.3 Å². The number of hydrogen-bond acceptors (Lipinski definition) is 3. The van der Waals surface area contributed by atoms with E-state index >= 15 is 0 Å². The number of nitrogens with one attached hydrogen (secondary N) is 1. The van der Waals surface area contributed by atoms with Crippen LogP contribution in [0.15, 0.2) is 0 Å². The number of hydrogen-bond donors (Lipinski definition) is 2. The molecule has 72 valence electrons. The zero-order chi connectivity index (χ0) is 9.03. The van der Waals surface area contributed by atoms with E-state index in [0.717, 1.165) is 26.1 Å². The van der Waals surface area contributed by atoms with Crippen molar-refractivity contribution in [2.45, 2.75) is 25.8 Å². The molecule has 0 bridgehead atoms. The highest BCUT2D eigenvalue weighted by atomic mass is 15.2. The summed E-state index contributed by atoms with van der Waals surface area (Å²) in [5.41, 5.74) is 5.90. The fraction of sp³-hybridized carbons (Fsp3) is 1.00. The van der Waals surface area contributed by atoms with Crippen molar-refractivity contribution in [3.8, 4) is 0 Å². The van der Waals surface area contributed by atoms with Gasteiger partial charge in [-0.3, -0.25) is 0 Å². The van der Waals surface area contributed by atoms with E-state index in [-0.39, 0.29) is 5.54 Å². The van der Waals surface area contributed by atoms with Gasteiger partial charge in [-0.05, 0) is 26.8 Å². The monoisotopic (exact) mass is 171 g/mol. The molecule has 1 fully saturated rings. The number of nitrogens with two attached hydrogens (primary N) is 1. The molecule has 0 aromatic rings. The van der Waals surface area contributed by atoms with Crippen LogP contribution in [-0.4, -0.2) is 43.2 Å². The molecule has 3 nitrogen and oxygen atoms in total. The molecule has 0 aliphatic carbocycles. The van der Waals surface area contributed by atoms with Crippen molar-refractivity contribution in [1.82, 2.24) is 10.2 Å². The summed E-state index contributed by atoms with van der Waals surface area (Å²) >= 11 is 0. The lowest BCUT2D eigenvalue weighted by atomic mass is 10.0. The first kappa shape index (κ1) is 9.96. The number of piperazine rings is 1. The fourth-order valence-electron chi connectivity index (χ4n) is 1.38. The zero-order valence-electron chi connectivity index (χ0n) is 8.27. The van der Waals surface area contributed by atoms with Crippen molar-refractivity contribution >= 4 is 0 Å². The van der Waals surface area contributed by atoms with Crippen LogP contribution in [0.5, 0.6) is 0 Å². The molecule has 1 aliphatic heterocycles.